The van der Waals surface area contributed by atoms with E-state index in [0.717, 1.165) is 4.90 Å². The number of carboxylic acids is 1. The van der Waals surface area contributed by atoms with Crippen LogP contribution in [0.1, 0.15) is 19.8 Å². The highest BCUT2D eigenvalue weighted by Crippen LogP contribution is 2.19. The summed E-state index contributed by atoms with van der Waals surface area (Å²) in [6, 6.07) is -5.32. The second-order valence-corrected chi connectivity index (χ2v) is 7.06. The summed E-state index contributed by atoms with van der Waals surface area (Å²) >= 11 is 0. The molecule has 14 nitrogen and oxygen atoms in total. The Balaban J connectivity index is 2.74. The Hall–Kier alpha value is -2.81. The molecule has 1 fully saturated rings. The van der Waals surface area contributed by atoms with Gasteiger partial charge in [-0.3, -0.25) is 19.2 Å². The number of hydrogen-bond acceptors (Lipinski definition) is 9. The minimum Gasteiger partial charge on any atom is -0.480 e. The van der Waals surface area contributed by atoms with Gasteiger partial charge in [-0.1, -0.05) is 0 Å². The summed E-state index contributed by atoms with van der Waals surface area (Å²) in [5.41, 5.74) is 5.28. The average Bonchev–Trinajstić information content (AvgIpc) is 3.22. The van der Waals surface area contributed by atoms with Crippen LogP contribution in [-0.2, 0) is 24.0 Å². The Morgan fingerprint density at radius 2 is 1.74 bits per heavy atom. The fourth-order valence-electron chi connectivity index (χ4n) is 2.93. The summed E-state index contributed by atoms with van der Waals surface area (Å²) < 4.78 is 0. The van der Waals surface area contributed by atoms with Gasteiger partial charge in [-0.25, -0.2) is 4.79 Å². The highest BCUT2D eigenvalue weighted by Gasteiger charge is 2.39. The van der Waals surface area contributed by atoms with Crippen molar-refractivity contribution in [1.29, 1.82) is 0 Å². The van der Waals surface area contributed by atoms with Gasteiger partial charge in [0.15, 0.2) is 0 Å². The predicted molar refractivity (Wildman–Crippen MR) is 103 cm³/mol. The Kier molecular flexibility index (Phi) is 10.3. The number of carbonyl (C=O) groups is 5. The van der Waals surface area contributed by atoms with Crippen molar-refractivity contribution >= 4 is 29.6 Å². The normalized spacial score (nSPS) is 19.6. The summed E-state index contributed by atoms with van der Waals surface area (Å²) in [7, 11) is 0. The third kappa shape index (κ3) is 7.43. The van der Waals surface area contributed by atoms with Gasteiger partial charge in [0, 0.05) is 6.54 Å². The number of carboxylic acid groups (broad SMARTS) is 1. The molecule has 9 N–H and O–H groups in total. The molecule has 0 unspecified atom stereocenters. The van der Waals surface area contributed by atoms with Crippen molar-refractivity contribution in [2.45, 2.75) is 50.0 Å². The molecule has 0 bridgehead atoms. The van der Waals surface area contributed by atoms with Gasteiger partial charge in [-0.15, -0.1) is 0 Å². The largest absolute Gasteiger partial charge is 0.480 e. The van der Waals surface area contributed by atoms with E-state index in [4.69, 9.17) is 10.8 Å². The number of rotatable bonds is 11. The maximum absolute atomic E-state index is 12.7. The van der Waals surface area contributed by atoms with Crippen molar-refractivity contribution in [2.24, 2.45) is 5.73 Å². The van der Waals surface area contributed by atoms with Gasteiger partial charge in [0.05, 0.1) is 25.9 Å². The van der Waals surface area contributed by atoms with Crippen molar-refractivity contribution in [2.75, 3.05) is 26.3 Å². The minimum absolute atomic E-state index is 0.144. The number of aliphatic hydroxyl groups is 3. The van der Waals surface area contributed by atoms with Crippen LogP contribution >= 0.6 is 0 Å². The van der Waals surface area contributed by atoms with E-state index in [1.807, 2.05) is 0 Å². The zero-order valence-electron chi connectivity index (χ0n) is 17.0. The number of nitrogens with zero attached hydrogens (tertiary/aromatic N) is 1. The number of nitrogens with one attached hydrogen (secondary N) is 3. The summed E-state index contributed by atoms with van der Waals surface area (Å²) in [4.78, 5) is 60.8. The van der Waals surface area contributed by atoms with Gasteiger partial charge in [-0.05, 0) is 19.8 Å². The van der Waals surface area contributed by atoms with E-state index < -0.39 is 79.6 Å². The molecule has 1 heterocycles. The van der Waals surface area contributed by atoms with Crippen molar-refractivity contribution in [3.63, 3.8) is 0 Å². The highest BCUT2D eigenvalue weighted by atomic mass is 16.4. The van der Waals surface area contributed by atoms with E-state index in [1.54, 1.807) is 0 Å². The molecule has 1 aliphatic heterocycles. The molecule has 0 aromatic heterocycles. The van der Waals surface area contributed by atoms with Crippen LogP contribution in [0.4, 0.5) is 0 Å². The van der Waals surface area contributed by atoms with Gasteiger partial charge in [-0.2, -0.15) is 0 Å². The molecule has 0 radical (unpaired) electrons. The predicted octanol–water partition coefficient (Wildman–Crippen LogP) is -5.16. The Bertz CT molecular complexity index is 687. The van der Waals surface area contributed by atoms with Crippen LogP contribution in [0.3, 0.4) is 0 Å². The van der Waals surface area contributed by atoms with Crippen LogP contribution in [0.2, 0.25) is 0 Å². The lowest BCUT2D eigenvalue weighted by Crippen LogP contribution is -2.60. The standard InChI is InChI=1S/C17H29N5O9/c1-8(25)13(16(29)22-4-2-3-11(22)17(30)31)21-15(28)10(7-24)20-12(26)5-19-14(27)9(18)6-23/h8-11,13,23-25H,2-7,18H2,1H3,(H,19,27)(H,20,26)(H,21,28)(H,30,31)/t8-,9+,10+,11+,13+/m1/s1. The summed E-state index contributed by atoms with van der Waals surface area (Å²) in [5, 5.41) is 43.8. The lowest BCUT2D eigenvalue weighted by Gasteiger charge is -2.29. The molecule has 0 aromatic carbocycles. The quantitative estimate of drug-likeness (QED) is 0.150. The summed E-state index contributed by atoms with van der Waals surface area (Å²) in [6.07, 6.45) is -0.701. The molecule has 1 aliphatic rings. The van der Waals surface area contributed by atoms with E-state index >= 15 is 0 Å². The Morgan fingerprint density at radius 3 is 2.26 bits per heavy atom. The summed E-state index contributed by atoms with van der Waals surface area (Å²) in [5.74, 6) is -4.68. The molecule has 0 spiro atoms. The van der Waals surface area contributed by atoms with Crippen molar-refractivity contribution < 1.29 is 44.4 Å². The zero-order valence-corrected chi connectivity index (χ0v) is 17.0. The van der Waals surface area contributed by atoms with E-state index in [1.165, 1.54) is 6.92 Å². The van der Waals surface area contributed by atoms with Crippen LogP contribution < -0.4 is 21.7 Å². The van der Waals surface area contributed by atoms with E-state index in [0.29, 0.717) is 6.42 Å². The van der Waals surface area contributed by atoms with Gasteiger partial charge in [0.1, 0.15) is 24.2 Å². The van der Waals surface area contributed by atoms with Crippen LogP contribution in [-0.4, -0.2) is 111 Å². The molecule has 31 heavy (non-hydrogen) atoms. The highest BCUT2D eigenvalue weighted by molar-refractivity contribution is 5.94. The van der Waals surface area contributed by atoms with Gasteiger partial charge in [0.2, 0.25) is 23.6 Å². The first-order chi connectivity index (χ1) is 14.5. The third-order valence-corrected chi connectivity index (χ3v) is 4.66. The van der Waals surface area contributed by atoms with E-state index in [-0.39, 0.29) is 13.0 Å². The molecule has 0 aromatic rings. The van der Waals surface area contributed by atoms with Crippen molar-refractivity contribution in [3.05, 3.63) is 0 Å². The number of carbonyl (C=O) groups excluding carboxylic acids is 4. The molecule has 4 amide bonds. The molecule has 1 rings (SSSR count). The maximum atomic E-state index is 12.7. The minimum atomic E-state index is -1.51. The lowest BCUT2D eigenvalue weighted by molar-refractivity contribution is -0.150. The first-order valence-electron chi connectivity index (χ1n) is 9.59. The van der Waals surface area contributed by atoms with Gasteiger partial charge in [0.25, 0.3) is 0 Å². The van der Waals surface area contributed by atoms with Crippen molar-refractivity contribution in [1.82, 2.24) is 20.9 Å². The second-order valence-electron chi connectivity index (χ2n) is 7.06. The first-order valence-corrected chi connectivity index (χ1v) is 9.59. The molecule has 176 valence electrons. The number of hydrogen-bond donors (Lipinski definition) is 8. The van der Waals surface area contributed by atoms with Crippen LogP contribution in [0, 0.1) is 0 Å². The van der Waals surface area contributed by atoms with Crippen LogP contribution in [0.5, 0.6) is 0 Å². The number of nitrogens with two attached hydrogens (primary N) is 1. The molecule has 14 heteroatoms. The first kappa shape index (κ1) is 26.2. The average molecular weight is 447 g/mol. The maximum Gasteiger partial charge on any atom is 0.326 e. The van der Waals surface area contributed by atoms with Gasteiger partial charge >= 0.3 is 5.97 Å². The smallest absolute Gasteiger partial charge is 0.326 e. The number of amides is 4. The second kappa shape index (κ2) is 12.1. The number of aliphatic hydroxyl groups excluding tert-OH is 3. The Labute approximate surface area is 177 Å². The number of aliphatic carboxylic acids is 1. The van der Waals surface area contributed by atoms with Crippen molar-refractivity contribution in [3.8, 4) is 0 Å². The Morgan fingerprint density at radius 1 is 1.10 bits per heavy atom. The third-order valence-electron chi connectivity index (χ3n) is 4.66. The molecule has 5 atom stereocenters. The van der Waals surface area contributed by atoms with E-state index in [9.17, 15) is 39.3 Å². The topological polar surface area (TPSA) is 232 Å². The lowest BCUT2D eigenvalue weighted by atomic mass is 10.1. The molecule has 1 saturated heterocycles. The zero-order chi connectivity index (χ0) is 23.7. The van der Waals surface area contributed by atoms with E-state index in [2.05, 4.69) is 16.0 Å². The molecule has 0 saturated carbocycles. The summed E-state index contributed by atoms with van der Waals surface area (Å²) in [6.45, 7) is -0.720. The van der Waals surface area contributed by atoms with Crippen LogP contribution in [0.25, 0.3) is 0 Å². The molecule has 0 aliphatic carbocycles. The monoisotopic (exact) mass is 447 g/mol. The SMILES string of the molecule is C[C@@H](O)[C@H](NC(=O)[C@H](CO)NC(=O)CNC(=O)[C@@H](N)CO)C(=O)N1CCC[C@H]1C(=O)O. The molecular weight excluding hydrogens is 418 g/mol. The molecular formula is C17H29N5O9. The fraction of sp³-hybridized carbons (Fsp3) is 0.706. The number of likely N-dealkylation sites (tertiary alicyclic amines) is 1. The fourth-order valence-corrected chi connectivity index (χ4v) is 2.93. The van der Waals surface area contributed by atoms with Gasteiger partial charge < -0.3 is 47.0 Å². The van der Waals surface area contributed by atoms with Crippen LogP contribution in [0.15, 0.2) is 0 Å².